The van der Waals surface area contributed by atoms with Crippen LogP contribution >= 0.6 is 0 Å². The highest BCUT2D eigenvalue weighted by Gasteiger charge is 2.40. The van der Waals surface area contributed by atoms with Gasteiger partial charge in [0.25, 0.3) is 0 Å². The van der Waals surface area contributed by atoms with Crippen molar-refractivity contribution in [1.29, 1.82) is 0 Å². The van der Waals surface area contributed by atoms with Crippen LogP contribution in [0.4, 0.5) is 0 Å². The van der Waals surface area contributed by atoms with Crippen molar-refractivity contribution < 1.29 is 19.7 Å². The summed E-state index contributed by atoms with van der Waals surface area (Å²) in [6, 6.07) is 9.98. The van der Waals surface area contributed by atoms with Crippen molar-refractivity contribution in [2.75, 3.05) is 26.2 Å². The Morgan fingerprint density at radius 2 is 2.07 bits per heavy atom. The molecule has 8 nitrogen and oxygen atoms in total. The molecule has 1 aliphatic heterocycles. The summed E-state index contributed by atoms with van der Waals surface area (Å²) in [4.78, 5) is 13.2. The highest BCUT2D eigenvalue weighted by molar-refractivity contribution is 5.72. The van der Waals surface area contributed by atoms with E-state index in [1.807, 2.05) is 48.9 Å². The zero-order chi connectivity index (χ0) is 21.7. The van der Waals surface area contributed by atoms with Gasteiger partial charge < -0.3 is 20.3 Å². The van der Waals surface area contributed by atoms with Crippen molar-refractivity contribution in [2.24, 2.45) is 0 Å². The van der Waals surface area contributed by atoms with Gasteiger partial charge in [0.05, 0.1) is 18.3 Å². The van der Waals surface area contributed by atoms with Crippen LogP contribution in [0.25, 0.3) is 0 Å². The molecule has 164 valence electrons. The molecule has 8 heteroatoms. The van der Waals surface area contributed by atoms with Crippen LogP contribution in [0, 0.1) is 13.8 Å². The molecule has 1 amide bonds. The zero-order valence-corrected chi connectivity index (χ0v) is 18.0. The largest absolute Gasteiger partial charge is 0.492 e. The van der Waals surface area contributed by atoms with Crippen LogP contribution in [-0.2, 0) is 17.9 Å². The lowest BCUT2D eigenvalue weighted by molar-refractivity contribution is -0.130. The molecule has 0 aliphatic carbocycles. The lowest BCUT2D eigenvalue weighted by Gasteiger charge is -2.42. The first-order chi connectivity index (χ1) is 14.2. The van der Waals surface area contributed by atoms with Gasteiger partial charge in [-0.3, -0.25) is 14.4 Å². The van der Waals surface area contributed by atoms with Crippen molar-refractivity contribution in [3.8, 4) is 5.75 Å². The van der Waals surface area contributed by atoms with E-state index in [1.165, 1.54) is 6.92 Å². The number of likely N-dealkylation sites (tertiary alicyclic amines) is 1. The number of piperidine rings is 1. The van der Waals surface area contributed by atoms with E-state index in [1.54, 1.807) is 0 Å². The number of aliphatic hydroxyl groups excluding tert-OH is 1. The number of β-amino-alcohol motifs (C(OH)–C–C–N with tert-alkyl or cyclic N) is 1. The van der Waals surface area contributed by atoms with E-state index in [9.17, 15) is 15.0 Å². The predicted molar refractivity (Wildman–Crippen MR) is 113 cm³/mol. The summed E-state index contributed by atoms with van der Waals surface area (Å²) >= 11 is 0. The second-order valence-corrected chi connectivity index (χ2v) is 8.16. The predicted octanol–water partition coefficient (Wildman–Crippen LogP) is 1.01. The highest BCUT2D eigenvalue weighted by Crippen LogP contribution is 2.24. The van der Waals surface area contributed by atoms with E-state index >= 15 is 0 Å². The summed E-state index contributed by atoms with van der Waals surface area (Å²) in [6.07, 6.45) is -0.503. The number of aryl methyl sites for hydroxylation is 2. The zero-order valence-electron chi connectivity index (χ0n) is 18.0. The number of amides is 1. The maximum atomic E-state index is 11.1. The third-order valence-corrected chi connectivity index (χ3v) is 5.56. The molecule has 3 N–H and O–H groups in total. The standard InChI is InChI=1S/C22H32N4O4/c1-16-12-17(2)26(24-16)10-11-30-20-6-4-19(5-7-20)13-25-9-8-22(29,21(28)14-25)15-23-18(3)27/h4-7,12,21,28-29H,8-11,13-15H2,1-3H3,(H,23,27)/t21-,22-/m1/s1. The number of rotatable bonds is 8. The van der Waals surface area contributed by atoms with Gasteiger partial charge in [-0.25, -0.2) is 0 Å². The van der Waals surface area contributed by atoms with Crippen LogP contribution in [0.3, 0.4) is 0 Å². The van der Waals surface area contributed by atoms with E-state index in [0.29, 0.717) is 39.2 Å². The van der Waals surface area contributed by atoms with Gasteiger partial charge in [-0.05, 0) is 44.0 Å². The molecule has 30 heavy (non-hydrogen) atoms. The number of benzene rings is 1. The van der Waals surface area contributed by atoms with Crippen LogP contribution in [0.2, 0.25) is 0 Å². The quantitative estimate of drug-likeness (QED) is 0.594. The molecule has 1 fully saturated rings. The van der Waals surface area contributed by atoms with E-state index in [4.69, 9.17) is 4.74 Å². The van der Waals surface area contributed by atoms with Crippen molar-refractivity contribution in [3.63, 3.8) is 0 Å². The average molecular weight is 417 g/mol. The first kappa shape index (κ1) is 22.3. The normalized spacial score (nSPS) is 22.1. The van der Waals surface area contributed by atoms with Gasteiger partial charge in [-0.2, -0.15) is 5.10 Å². The second-order valence-electron chi connectivity index (χ2n) is 8.16. The van der Waals surface area contributed by atoms with E-state index in [0.717, 1.165) is 22.7 Å². The number of hydrogen-bond donors (Lipinski definition) is 3. The Bertz CT molecular complexity index is 851. The molecule has 1 aromatic carbocycles. The van der Waals surface area contributed by atoms with Crippen molar-refractivity contribution >= 4 is 5.91 Å². The molecule has 1 aromatic heterocycles. The Labute approximate surface area is 177 Å². The SMILES string of the molecule is CC(=O)NC[C@]1(O)CCN(Cc2ccc(OCCn3nc(C)cc3C)cc2)C[C@H]1O. The number of ether oxygens (including phenoxy) is 1. The molecule has 1 saturated heterocycles. The Kier molecular flexibility index (Phi) is 7.12. The van der Waals surface area contributed by atoms with Gasteiger partial charge in [-0.15, -0.1) is 0 Å². The molecule has 0 spiro atoms. The molecule has 1 aliphatic rings. The van der Waals surface area contributed by atoms with Gasteiger partial charge in [0, 0.05) is 38.8 Å². The van der Waals surface area contributed by atoms with Crippen molar-refractivity contribution in [2.45, 2.75) is 52.0 Å². The average Bonchev–Trinajstić information content (AvgIpc) is 3.02. The minimum atomic E-state index is -1.27. The summed E-state index contributed by atoms with van der Waals surface area (Å²) in [5.74, 6) is 0.596. The van der Waals surface area contributed by atoms with Crippen molar-refractivity contribution in [1.82, 2.24) is 20.0 Å². The Morgan fingerprint density at radius 1 is 1.33 bits per heavy atom. The monoisotopic (exact) mass is 416 g/mol. The fraction of sp³-hybridized carbons (Fsp3) is 0.545. The first-order valence-corrected chi connectivity index (χ1v) is 10.4. The smallest absolute Gasteiger partial charge is 0.216 e. The maximum Gasteiger partial charge on any atom is 0.216 e. The topological polar surface area (TPSA) is 99.8 Å². The van der Waals surface area contributed by atoms with Gasteiger partial charge in [0.2, 0.25) is 5.91 Å². The van der Waals surface area contributed by atoms with E-state index in [2.05, 4.69) is 15.3 Å². The van der Waals surface area contributed by atoms with E-state index in [-0.39, 0.29) is 12.5 Å². The Balaban J connectivity index is 1.45. The van der Waals surface area contributed by atoms with Gasteiger partial charge in [-0.1, -0.05) is 12.1 Å². The minimum Gasteiger partial charge on any atom is -0.492 e. The van der Waals surface area contributed by atoms with Crippen molar-refractivity contribution in [3.05, 3.63) is 47.3 Å². The maximum absolute atomic E-state index is 11.1. The number of nitrogens with zero attached hydrogens (tertiary/aromatic N) is 3. The molecule has 2 heterocycles. The summed E-state index contributed by atoms with van der Waals surface area (Å²) < 4.78 is 7.77. The Hall–Kier alpha value is -2.42. The summed E-state index contributed by atoms with van der Waals surface area (Å²) in [6.45, 7) is 8.42. The molecule has 0 unspecified atom stereocenters. The first-order valence-electron chi connectivity index (χ1n) is 10.4. The highest BCUT2D eigenvalue weighted by atomic mass is 16.5. The lowest BCUT2D eigenvalue weighted by Crippen LogP contribution is -2.59. The number of nitrogens with one attached hydrogen (secondary N) is 1. The number of aromatic nitrogens is 2. The van der Waals surface area contributed by atoms with Crippen LogP contribution < -0.4 is 10.1 Å². The van der Waals surface area contributed by atoms with Crippen LogP contribution in [-0.4, -0.2) is 68.7 Å². The van der Waals surface area contributed by atoms with Crippen LogP contribution in [0.5, 0.6) is 5.75 Å². The summed E-state index contributed by atoms with van der Waals surface area (Å²) in [5, 5.41) is 28.0. The summed E-state index contributed by atoms with van der Waals surface area (Å²) in [7, 11) is 0. The summed E-state index contributed by atoms with van der Waals surface area (Å²) in [5.41, 5.74) is 1.97. The molecule has 2 atom stereocenters. The molecular weight excluding hydrogens is 384 g/mol. The fourth-order valence-electron chi connectivity index (χ4n) is 3.75. The molecule has 2 aromatic rings. The third-order valence-electron chi connectivity index (χ3n) is 5.56. The van der Waals surface area contributed by atoms with Gasteiger partial charge in [0.1, 0.15) is 18.0 Å². The van der Waals surface area contributed by atoms with Gasteiger partial charge >= 0.3 is 0 Å². The van der Waals surface area contributed by atoms with Crippen LogP contribution in [0.15, 0.2) is 30.3 Å². The number of hydrogen-bond acceptors (Lipinski definition) is 6. The lowest BCUT2D eigenvalue weighted by atomic mass is 9.88. The Morgan fingerprint density at radius 3 is 2.67 bits per heavy atom. The fourth-order valence-corrected chi connectivity index (χ4v) is 3.75. The van der Waals surface area contributed by atoms with Gasteiger partial charge in [0.15, 0.2) is 0 Å². The van der Waals surface area contributed by atoms with E-state index < -0.39 is 11.7 Å². The molecule has 0 bridgehead atoms. The molecule has 3 rings (SSSR count). The molecule has 0 radical (unpaired) electrons. The molecule has 0 saturated carbocycles. The number of aliphatic hydroxyl groups is 2. The second kappa shape index (κ2) is 9.59. The number of carbonyl (C=O) groups is 1. The van der Waals surface area contributed by atoms with Crippen LogP contribution in [0.1, 0.15) is 30.3 Å². The number of carbonyl (C=O) groups excluding carboxylic acids is 1. The molecular formula is C22H32N4O4. The third kappa shape index (κ3) is 5.81. The minimum absolute atomic E-state index is 0.0704.